The minimum absolute atomic E-state index is 0.0726. The first-order chi connectivity index (χ1) is 10.2. The number of aromatic nitrogens is 4. The van der Waals surface area contributed by atoms with Gasteiger partial charge in [-0.05, 0) is 24.6 Å². The van der Waals surface area contributed by atoms with Crippen LogP contribution in [0.5, 0.6) is 0 Å². The van der Waals surface area contributed by atoms with Crippen LogP contribution in [0.4, 0.5) is 0 Å². The molecule has 0 aliphatic carbocycles. The molecule has 0 aliphatic rings. The Morgan fingerprint density at radius 3 is 3.00 bits per heavy atom. The average Bonchev–Trinajstić information content (AvgIpc) is 3.08. The number of benzene rings is 1. The van der Waals surface area contributed by atoms with Crippen molar-refractivity contribution >= 4 is 16.8 Å². The first kappa shape index (κ1) is 13.4. The van der Waals surface area contributed by atoms with E-state index in [0.717, 1.165) is 16.6 Å². The van der Waals surface area contributed by atoms with E-state index in [1.165, 1.54) is 5.56 Å². The molecule has 6 heteroatoms. The maximum absolute atomic E-state index is 12.3. The third-order valence-corrected chi connectivity index (χ3v) is 3.67. The Balaban J connectivity index is 1.75. The van der Waals surface area contributed by atoms with Crippen molar-refractivity contribution < 1.29 is 4.79 Å². The second kappa shape index (κ2) is 5.40. The van der Waals surface area contributed by atoms with E-state index in [1.807, 2.05) is 29.8 Å². The second-order valence-electron chi connectivity index (χ2n) is 5.06. The molecule has 3 rings (SSSR count). The van der Waals surface area contributed by atoms with Crippen LogP contribution in [-0.4, -0.2) is 32.4 Å². The van der Waals surface area contributed by atoms with Gasteiger partial charge in [0.1, 0.15) is 5.69 Å². The molecule has 0 bridgehead atoms. The van der Waals surface area contributed by atoms with E-state index in [9.17, 15) is 4.79 Å². The summed E-state index contributed by atoms with van der Waals surface area (Å²) >= 11 is 0. The molecule has 0 saturated heterocycles. The lowest BCUT2D eigenvalue weighted by Crippen LogP contribution is -2.27. The highest BCUT2D eigenvalue weighted by atomic mass is 16.1. The first-order valence-electron chi connectivity index (χ1n) is 6.84. The molecule has 0 saturated carbocycles. The lowest BCUT2D eigenvalue weighted by molar-refractivity contribution is 0.0946. The number of carbonyl (C=O) groups excluding carboxylic acids is 1. The SMILES string of the molecule is Cc1cccc2c1cc(C(=O)NCCc1cn[nH]n1)n2C. The van der Waals surface area contributed by atoms with E-state index in [1.54, 1.807) is 6.20 Å². The van der Waals surface area contributed by atoms with Gasteiger partial charge in [0.05, 0.1) is 11.9 Å². The monoisotopic (exact) mass is 283 g/mol. The summed E-state index contributed by atoms with van der Waals surface area (Å²) in [4.78, 5) is 12.3. The standard InChI is InChI=1S/C15H17N5O/c1-10-4-3-5-13-12(10)8-14(20(13)2)15(21)16-7-6-11-9-17-19-18-11/h3-5,8-9H,6-7H2,1-2H3,(H,16,21)(H,17,18,19). The van der Waals surface area contributed by atoms with Crippen molar-refractivity contribution in [2.45, 2.75) is 13.3 Å². The van der Waals surface area contributed by atoms with Crippen molar-refractivity contribution in [2.24, 2.45) is 7.05 Å². The number of amides is 1. The summed E-state index contributed by atoms with van der Waals surface area (Å²) in [5, 5.41) is 14.3. The Morgan fingerprint density at radius 2 is 2.29 bits per heavy atom. The highest BCUT2D eigenvalue weighted by Gasteiger charge is 2.13. The molecule has 0 fully saturated rings. The van der Waals surface area contributed by atoms with Crippen LogP contribution in [0.25, 0.3) is 10.9 Å². The van der Waals surface area contributed by atoms with Crippen molar-refractivity contribution in [3.8, 4) is 0 Å². The van der Waals surface area contributed by atoms with Crippen molar-refractivity contribution in [1.82, 2.24) is 25.3 Å². The summed E-state index contributed by atoms with van der Waals surface area (Å²) in [7, 11) is 1.91. The number of carbonyl (C=O) groups is 1. The van der Waals surface area contributed by atoms with E-state index in [2.05, 4.69) is 33.7 Å². The van der Waals surface area contributed by atoms with Crippen LogP contribution in [0.1, 0.15) is 21.7 Å². The number of aromatic amines is 1. The Morgan fingerprint density at radius 1 is 1.43 bits per heavy atom. The number of hydrogen-bond acceptors (Lipinski definition) is 3. The smallest absolute Gasteiger partial charge is 0.267 e. The maximum atomic E-state index is 12.3. The number of hydrogen-bond donors (Lipinski definition) is 2. The molecule has 21 heavy (non-hydrogen) atoms. The normalized spacial score (nSPS) is 11.0. The molecule has 2 N–H and O–H groups in total. The van der Waals surface area contributed by atoms with E-state index >= 15 is 0 Å². The number of aryl methyl sites for hydroxylation is 2. The van der Waals surface area contributed by atoms with Crippen LogP contribution in [0.15, 0.2) is 30.5 Å². The molecule has 1 aromatic carbocycles. The van der Waals surface area contributed by atoms with Crippen LogP contribution >= 0.6 is 0 Å². The Bertz CT molecular complexity index is 773. The van der Waals surface area contributed by atoms with Crippen LogP contribution in [0.2, 0.25) is 0 Å². The molecule has 0 radical (unpaired) electrons. The maximum Gasteiger partial charge on any atom is 0.267 e. The van der Waals surface area contributed by atoms with Gasteiger partial charge in [-0.15, -0.1) is 0 Å². The largest absolute Gasteiger partial charge is 0.350 e. The quantitative estimate of drug-likeness (QED) is 0.763. The highest BCUT2D eigenvalue weighted by Crippen LogP contribution is 2.21. The molecule has 0 atom stereocenters. The summed E-state index contributed by atoms with van der Waals surface area (Å²) in [6.07, 6.45) is 2.32. The molecule has 3 aromatic rings. The third-order valence-electron chi connectivity index (χ3n) is 3.67. The average molecular weight is 283 g/mol. The number of H-pyrrole nitrogens is 1. The molecule has 108 valence electrons. The molecule has 0 unspecified atom stereocenters. The molecule has 2 heterocycles. The Kier molecular flexibility index (Phi) is 3.43. The minimum atomic E-state index is -0.0726. The van der Waals surface area contributed by atoms with Gasteiger partial charge in [-0.3, -0.25) is 4.79 Å². The summed E-state index contributed by atoms with van der Waals surface area (Å²) in [5.74, 6) is -0.0726. The van der Waals surface area contributed by atoms with Crippen molar-refractivity contribution in [3.63, 3.8) is 0 Å². The zero-order valence-corrected chi connectivity index (χ0v) is 12.1. The fourth-order valence-electron chi connectivity index (χ4n) is 2.47. The van der Waals surface area contributed by atoms with E-state index < -0.39 is 0 Å². The zero-order chi connectivity index (χ0) is 14.8. The van der Waals surface area contributed by atoms with Gasteiger partial charge >= 0.3 is 0 Å². The van der Waals surface area contributed by atoms with Gasteiger partial charge in [0, 0.05) is 30.9 Å². The molecular weight excluding hydrogens is 266 g/mol. The summed E-state index contributed by atoms with van der Waals surface area (Å²) in [6, 6.07) is 8.02. The van der Waals surface area contributed by atoms with Crippen LogP contribution in [0, 0.1) is 6.92 Å². The van der Waals surface area contributed by atoms with Gasteiger partial charge in [0.15, 0.2) is 0 Å². The van der Waals surface area contributed by atoms with E-state index in [0.29, 0.717) is 18.7 Å². The van der Waals surface area contributed by atoms with Crippen LogP contribution in [0.3, 0.4) is 0 Å². The fraction of sp³-hybridized carbons (Fsp3) is 0.267. The fourth-order valence-corrected chi connectivity index (χ4v) is 2.47. The number of fused-ring (bicyclic) bond motifs is 1. The van der Waals surface area contributed by atoms with Gasteiger partial charge in [-0.25, -0.2) is 0 Å². The van der Waals surface area contributed by atoms with Crippen LogP contribution in [-0.2, 0) is 13.5 Å². The molecular formula is C15H17N5O. The first-order valence-corrected chi connectivity index (χ1v) is 6.84. The molecule has 6 nitrogen and oxygen atoms in total. The highest BCUT2D eigenvalue weighted by molar-refractivity contribution is 5.99. The molecule has 0 spiro atoms. The molecule has 1 amide bonds. The summed E-state index contributed by atoms with van der Waals surface area (Å²) < 4.78 is 1.92. The Hall–Kier alpha value is -2.63. The van der Waals surface area contributed by atoms with Gasteiger partial charge in [0.2, 0.25) is 0 Å². The topological polar surface area (TPSA) is 75.6 Å². The van der Waals surface area contributed by atoms with Crippen LogP contribution < -0.4 is 5.32 Å². The van der Waals surface area contributed by atoms with Gasteiger partial charge in [-0.2, -0.15) is 15.4 Å². The van der Waals surface area contributed by atoms with Gasteiger partial charge < -0.3 is 9.88 Å². The third kappa shape index (κ3) is 2.52. The minimum Gasteiger partial charge on any atom is -0.350 e. The Labute approximate surface area is 122 Å². The number of nitrogens with one attached hydrogen (secondary N) is 2. The lowest BCUT2D eigenvalue weighted by atomic mass is 10.1. The summed E-state index contributed by atoms with van der Waals surface area (Å²) in [5.41, 5.74) is 3.74. The van der Waals surface area contributed by atoms with Crippen molar-refractivity contribution in [1.29, 1.82) is 0 Å². The molecule has 0 aliphatic heterocycles. The summed E-state index contributed by atoms with van der Waals surface area (Å²) in [6.45, 7) is 2.58. The predicted molar refractivity (Wildman–Crippen MR) is 80.1 cm³/mol. The van der Waals surface area contributed by atoms with Crippen molar-refractivity contribution in [2.75, 3.05) is 6.54 Å². The molecule has 2 aromatic heterocycles. The zero-order valence-electron chi connectivity index (χ0n) is 12.1. The number of nitrogens with zero attached hydrogens (tertiary/aromatic N) is 3. The van der Waals surface area contributed by atoms with Gasteiger partial charge in [0.25, 0.3) is 5.91 Å². The van der Waals surface area contributed by atoms with Crippen molar-refractivity contribution in [3.05, 3.63) is 47.4 Å². The van der Waals surface area contributed by atoms with E-state index in [-0.39, 0.29) is 5.91 Å². The second-order valence-corrected chi connectivity index (χ2v) is 5.06. The van der Waals surface area contributed by atoms with Gasteiger partial charge in [-0.1, -0.05) is 12.1 Å². The number of rotatable bonds is 4. The van der Waals surface area contributed by atoms with E-state index in [4.69, 9.17) is 0 Å². The lowest BCUT2D eigenvalue weighted by Gasteiger charge is -2.05. The predicted octanol–water partition coefficient (Wildman–Crippen LogP) is 1.58.